The second kappa shape index (κ2) is 7.63. The Kier molecular flexibility index (Phi) is 6.47. The van der Waals surface area contributed by atoms with E-state index in [2.05, 4.69) is 10.2 Å². The Balaban J connectivity index is 2.20. The van der Waals surface area contributed by atoms with E-state index in [-0.39, 0.29) is 5.82 Å². The first kappa shape index (κ1) is 14.4. The first-order valence-corrected chi connectivity index (χ1v) is 6.51. The van der Waals surface area contributed by atoms with Gasteiger partial charge in [0.25, 0.3) is 0 Å². The van der Waals surface area contributed by atoms with Crippen LogP contribution in [-0.4, -0.2) is 44.4 Å². The molecule has 0 unspecified atom stereocenters. The van der Waals surface area contributed by atoms with E-state index in [9.17, 15) is 8.78 Å². The molecule has 1 rings (SSSR count). The highest BCUT2D eigenvalue weighted by Gasteiger charge is 2.03. The quantitative estimate of drug-likeness (QED) is 0.598. The minimum atomic E-state index is -0.394. The standard InChI is InChI=1S/C12H18F2N2S/c1-16(2)7-5-15-6-8-17-12-9-10(13)3-4-11(12)14/h3-4,9,15H,5-8H2,1-2H3. The highest BCUT2D eigenvalue weighted by Crippen LogP contribution is 2.21. The van der Waals surface area contributed by atoms with Crippen molar-refractivity contribution in [1.82, 2.24) is 10.2 Å². The van der Waals surface area contributed by atoms with E-state index in [1.807, 2.05) is 14.1 Å². The zero-order valence-corrected chi connectivity index (χ0v) is 11.0. The summed E-state index contributed by atoms with van der Waals surface area (Å²) < 4.78 is 26.1. The van der Waals surface area contributed by atoms with E-state index in [0.29, 0.717) is 4.90 Å². The van der Waals surface area contributed by atoms with Crippen LogP contribution in [-0.2, 0) is 0 Å². The van der Waals surface area contributed by atoms with Crippen molar-refractivity contribution in [2.45, 2.75) is 4.90 Å². The average molecular weight is 260 g/mol. The van der Waals surface area contributed by atoms with Crippen LogP contribution in [0.1, 0.15) is 0 Å². The predicted octanol–water partition coefficient (Wildman–Crippen LogP) is 2.21. The molecule has 0 saturated carbocycles. The number of rotatable bonds is 7. The SMILES string of the molecule is CN(C)CCNCCSc1cc(F)ccc1F. The summed E-state index contributed by atoms with van der Waals surface area (Å²) in [5.74, 6) is -0.0208. The fourth-order valence-corrected chi connectivity index (χ4v) is 2.12. The molecule has 2 nitrogen and oxygen atoms in total. The molecule has 0 aromatic heterocycles. The maximum absolute atomic E-state index is 13.2. The van der Waals surface area contributed by atoms with Crippen molar-refractivity contribution >= 4 is 11.8 Å². The van der Waals surface area contributed by atoms with E-state index in [4.69, 9.17) is 0 Å². The maximum atomic E-state index is 13.2. The van der Waals surface area contributed by atoms with E-state index >= 15 is 0 Å². The maximum Gasteiger partial charge on any atom is 0.136 e. The molecule has 1 aromatic rings. The first-order valence-electron chi connectivity index (χ1n) is 5.53. The Labute approximate surface area is 105 Å². The van der Waals surface area contributed by atoms with Crippen molar-refractivity contribution in [3.05, 3.63) is 29.8 Å². The Morgan fingerprint density at radius 1 is 1.24 bits per heavy atom. The number of likely N-dealkylation sites (N-methyl/N-ethyl adjacent to an activating group) is 1. The lowest BCUT2D eigenvalue weighted by Crippen LogP contribution is -2.27. The number of benzene rings is 1. The zero-order valence-electron chi connectivity index (χ0n) is 10.2. The van der Waals surface area contributed by atoms with E-state index < -0.39 is 5.82 Å². The van der Waals surface area contributed by atoms with Gasteiger partial charge in [0.15, 0.2) is 0 Å². The van der Waals surface area contributed by atoms with Crippen molar-refractivity contribution in [3.63, 3.8) is 0 Å². The fraction of sp³-hybridized carbons (Fsp3) is 0.500. The number of halogens is 2. The molecule has 17 heavy (non-hydrogen) atoms. The monoisotopic (exact) mass is 260 g/mol. The summed E-state index contributed by atoms with van der Waals surface area (Å²) in [7, 11) is 4.02. The van der Waals surface area contributed by atoms with Crippen molar-refractivity contribution in [1.29, 1.82) is 0 Å². The molecule has 0 radical (unpaired) electrons. The van der Waals surface area contributed by atoms with Crippen LogP contribution in [0.5, 0.6) is 0 Å². The molecule has 0 fully saturated rings. The molecule has 0 atom stereocenters. The largest absolute Gasteiger partial charge is 0.315 e. The third kappa shape index (κ3) is 6.00. The first-order chi connectivity index (χ1) is 8.09. The van der Waals surface area contributed by atoms with Gasteiger partial charge in [0, 0.05) is 30.3 Å². The number of hydrogen-bond donors (Lipinski definition) is 1. The van der Waals surface area contributed by atoms with Crippen molar-refractivity contribution in [3.8, 4) is 0 Å². The summed E-state index contributed by atoms with van der Waals surface area (Å²) in [5.41, 5.74) is 0. The van der Waals surface area contributed by atoms with Gasteiger partial charge in [-0.3, -0.25) is 0 Å². The molecular weight excluding hydrogens is 242 g/mol. The normalized spacial score (nSPS) is 11.1. The molecule has 5 heteroatoms. The molecule has 0 amide bonds. The van der Waals surface area contributed by atoms with E-state index in [1.165, 1.54) is 17.8 Å². The molecule has 0 aliphatic rings. The average Bonchev–Trinajstić information content (AvgIpc) is 2.27. The molecule has 0 saturated heterocycles. The van der Waals surface area contributed by atoms with Crippen LogP contribution in [0.15, 0.2) is 23.1 Å². The van der Waals surface area contributed by atoms with Crippen LogP contribution in [0.3, 0.4) is 0 Å². The lowest BCUT2D eigenvalue weighted by Gasteiger charge is -2.10. The summed E-state index contributed by atoms with van der Waals surface area (Å²) in [4.78, 5) is 2.46. The van der Waals surface area contributed by atoms with Crippen LogP contribution >= 0.6 is 11.8 Å². The number of nitrogens with zero attached hydrogens (tertiary/aromatic N) is 1. The highest BCUT2D eigenvalue weighted by molar-refractivity contribution is 7.99. The summed E-state index contributed by atoms with van der Waals surface area (Å²) in [6.07, 6.45) is 0. The lowest BCUT2D eigenvalue weighted by molar-refractivity contribution is 0.403. The topological polar surface area (TPSA) is 15.3 Å². The minimum absolute atomic E-state index is 0.357. The number of hydrogen-bond acceptors (Lipinski definition) is 3. The Hall–Kier alpha value is -0.650. The summed E-state index contributed by atoms with van der Waals surface area (Å²) in [6.45, 7) is 2.66. The molecule has 0 spiro atoms. The van der Waals surface area contributed by atoms with Crippen molar-refractivity contribution in [2.24, 2.45) is 0 Å². The third-order valence-corrected chi connectivity index (χ3v) is 3.20. The van der Waals surface area contributed by atoms with Gasteiger partial charge in [0.2, 0.25) is 0 Å². The van der Waals surface area contributed by atoms with Gasteiger partial charge in [0.1, 0.15) is 11.6 Å². The van der Waals surface area contributed by atoms with Crippen LogP contribution in [0.25, 0.3) is 0 Å². The van der Waals surface area contributed by atoms with Gasteiger partial charge >= 0.3 is 0 Å². The van der Waals surface area contributed by atoms with Gasteiger partial charge in [-0.15, -0.1) is 11.8 Å². The Morgan fingerprint density at radius 3 is 2.71 bits per heavy atom. The Morgan fingerprint density at radius 2 is 2.00 bits per heavy atom. The van der Waals surface area contributed by atoms with Crippen LogP contribution < -0.4 is 5.32 Å². The Bertz CT molecular complexity index is 345. The smallest absolute Gasteiger partial charge is 0.136 e. The molecule has 0 bridgehead atoms. The zero-order chi connectivity index (χ0) is 12.7. The van der Waals surface area contributed by atoms with Gasteiger partial charge < -0.3 is 10.2 Å². The summed E-state index contributed by atoms with van der Waals surface area (Å²) >= 11 is 1.33. The second-order valence-corrected chi connectivity index (χ2v) is 5.11. The van der Waals surface area contributed by atoms with E-state index in [1.54, 1.807) is 0 Å². The molecule has 0 aliphatic carbocycles. The molecule has 1 aromatic carbocycles. The van der Waals surface area contributed by atoms with Crippen molar-refractivity contribution in [2.75, 3.05) is 39.5 Å². The molecule has 1 N–H and O–H groups in total. The second-order valence-electron chi connectivity index (χ2n) is 3.98. The molecule has 0 aliphatic heterocycles. The van der Waals surface area contributed by atoms with Gasteiger partial charge in [0.05, 0.1) is 0 Å². The van der Waals surface area contributed by atoms with Gasteiger partial charge in [-0.1, -0.05) is 0 Å². The van der Waals surface area contributed by atoms with Crippen LogP contribution in [0, 0.1) is 11.6 Å². The minimum Gasteiger partial charge on any atom is -0.315 e. The van der Waals surface area contributed by atoms with Crippen LogP contribution in [0.2, 0.25) is 0 Å². The highest BCUT2D eigenvalue weighted by atomic mass is 32.2. The van der Waals surface area contributed by atoms with Gasteiger partial charge in [-0.2, -0.15) is 0 Å². The third-order valence-electron chi connectivity index (χ3n) is 2.17. The lowest BCUT2D eigenvalue weighted by atomic mass is 10.3. The van der Waals surface area contributed by atoms with Crippen LogP contribution in [0.4, 0.5) is 8.78 Å². The van der Waals surface area contributed by atoms with Gasteiger partial charge in [-0.05, 0) is 32.3 Å². The van der Waals surface area contributed by atoms with Gasteiger partial charge in [-0.25, -0.2) is 8.78 Å². The summed E-state index contributed by atoms with van der Waals surface area (Å²) in [5, 5.41) is 3.24. The summed E-state index contributed by atoms with van der Waals surface area (Å²) in [6, 6.07) is 3.53. The molecule has 96 valence electrons. The molecule has 0 heterocycles. The number of thioether (sulfide) groups is 1. The van der Waals surface area contributed by atoms with E-state index in [0.717, 1.165) is 37.5 Å². The fourth-order valence-electron chi connectivity index (χ4n) is 1.25. The number of nitrogens with one attached hydrogen (secondary N) is 1. The molecular formula is C12H18F2N2S. The van der Waals surface area contributed by atoms with Crippen molar-refractivity contribution < 1.29 is 8.78 Å². The predicted molar refractivity (Wildman–Crippen MR) is 68.5 cm³/mol.